The Kier molecular flexibility index (Phi) is 5.80. The Labute approximate surface area is 185 Å². The van der Waals surface area contributed by atoms with Gasteiger partial charge in [0.15, 0.2) is 17.3 Å². The zero-order valence-electron chi connectivity index (χ0n) is 17.7. The highest BCUT2D eigenvalue weighted by Crippen LogP contribution is 2.33. The number of fused-ring (bicyclic) bond motifs is 1. The summed E-state index contributed by atoms with van der Waals surface area (Å²) in [6.07, 6.45) is 1.27. The first-order valence-electron chi connectivity index (χ1n) is 11.1. The van der Waals surface area contributed by atoms with Gasteiger partial charge in [0.2, 0.25) is 5.91 Å². The second-order valence-corrected chi connectivity index (χ2v) is 8.48. The summed E-state index contributed by atoms with van der Waals surface area (Å²) in [6.45, 7) is 2.60. The molecule has 2 fully saturated rings. The summed E-state index contributed by atoms with van der Waals surface area (Å²) in [7, 11) is 0. The molecule has 168 valence electrons. The number of carbonyl (C=O) groups is 2. The van der Waals surface area contributed by atoms with E-state index in [0.717, 1.165) is 5.56 Å². The number of hydrogen-bond acceptors (Lipinski definition) is 6. The van der Waals surface area contributed by atoms with Crippen molar-refractivity contribution in [1.82, 2.24) is 15.8 Å². The third-order valence-corrected chi connectivity index (χ3v) is 6.53. The van der Waals surface area contributed by atoms with Crippen LogP contribution >= 0.6 is 0 Å². The number of carbonyl (C=O) groups excluding carboxylic acids is 2. The van der Waals surface area contributed by atoms with Crippen molar-refractivity contribution in [2.24, 2.45) is 11.8 Å². The van der Waals surface area contributed by atoms with E-state index >= 15 is 0 Å². The van der Waals surface area contributed by atoms with Gasteiger partial charge in [-0.25, -0.2) is 9.82 Å². The standard InChI is InChI=1S/C24H26FN3O4/c25-18-4-1-15(2-5-18)22-19(14-26-27-22)24(30)28-9-7-16(8-10-28)23(29)17-3-6-20-21(13-17)32-12-11-31-20/h1-6,13,16,19,22,26-27H,7-12,14H2. The van der Waals surface area contributed by atoms with Crippen LogP contribution in [-0.4, -0.2) is 49.4 Å². The van der Waals surface area contributed by atoms with E-state index in [4.69, 9.17) is 9.47 Å². The monoisotopic (exact) mass is 439 g/mol. The van der Waals surface area contributed by atoms with Crippen LogP contribution in [0.25, 0.3) is 0 Å². The van der Waals surface area contributed by atoms with Gasteiger partial charge in [0.05, 0.1) is 12.0 Å². The number of ether oxygens (including phenoxy) is 2. The van der Waals surface area contributed by atoms with Gasteiger partial charge in [-0.2, -0.15) is 0 Å². The number of hydrazine groups is 1. The van der Waals surface area contributed by atoms with E-state index in [9.17, 15) is 14.0 Å². The second-order valence-electron chi connectivity index (χ2n) is 8.48. The highest BCUT2D eigenvalue weighted by molar-refractivity contribution is 5.98. The quantitative estimate of drug-likeness (QED) is 0.713. The number of benzene rings is 2. The molecule has 5 rings (SSSR count). The van der Waals surface area contributed by atoms with Gasteiger partial charge >= 0.3 is 0 Å². The zero-order valence-corrected chi connectivity index (χ0v) is 17.7. The third-order valence-electron chi connectivity index (χ3n) is 6.53. The van der Waals surface area contributed by atoms with Crippen LogP contribution in [0.4, 0.5) is 4.39 Å². The molecule has 0 aliphatic carbocycles. The first kappa shape index (κ1) is 20.9. The minimum Gasteiger partial charge on any atom is -0.486 e. The first-order chi connectivity index (χ1) is 15.6. The minimum atomic E-state index is -0.299. The molecule has 2 saturated heterocycles. The van der Waals surface area contributed by atoms with Gasteiger partial charge in [0.25, 0.3) is 0 Å². The number of ketones is 1. The van der Waals surface area contributed by atoms with Gasteiger partial charge in [0.1, 0.15) is 19.0 Å². The molecule has 3 aliphatic rings. The molecular weight excluding hydrogens is 413 g/mol. The van der Waals surface area contributed by atoms with Crippen LogP contribution in [0.3, 0.4) is 0 Å². The topological polar surface area (TPSA) is 79.9 Å². The van der Waals surface area contributed by atoms with Crippen molar-refractivity contribution in [3.8, 4) is 11.5 Å². The molecule has 2 atom stereocenters. The maximum absolute atomic E-state index is 13.3. The molecule has 7 nitrogen and oxygen atoms in total. The van der Waals surface area contributed by atoms with Crippen molar-refractivity contribution >= 4 is 11.7 Å². The number of halogens is 1. The molecule has 2 aromatic rings. The largest absolute Gasteiger partial charge is 0.486 e. The lowest BCUT2D eigenvalue weighted by Crippen LogP contribution is -2.44. The highest BCUT2D eigenvalue weighted by atomic mass is 19.1. The molecule has 1 amide bonds. The average Bonchev–Trinajstić information content (AvgIpc) is 3.33. The van der Waals surface area contributed by atoms with E-state index in [-0.39, 0.29) is 35.4 Å². The van der Waals surface area contributed by atoms with Crippen molar-refractivity contribution < 1.29 is 23.5 Å². The van der Waals surface area contributed by atoms with E-state index < -0.39 is 0 Å². The van der Waals surface area contributed by atoms with Crippen LogP contribution in [0, 0.1) is 17.7 Å². The Bertz CT molecular complexity index is 1000. The van der Waals surface area contributed by atoms with Crippen LogP contribution in [0.5, 0.6) is 11.5 Å². The lowest BCUT2D eigenvalue weighted by molar-refractivity contribution is -0.136. The number of Topliss-reactive ketones (excluding diaryl/α,β-unsaturated/α-hetero) is 1. The summed E-state index contributed by atoms with van der Waals surface area (Å²) in [4.78, 5) is 28.1. The maximum atomic E-state index is 13.3. The Morgan fingerprint density at radius 2 is 1.69 bits per heavy atom. The smallest absolute Gasteiger partial charge is 0.229 e. The summed E-state index contributed by atoms with van der Waals surface area (Å²) in [6, 6.07) is 11.4. The van der Waals surface area contributed by atoms with Crippen molar-refractivity contribution in [3.05, 3.63) is 59.4 Å². The Hall–Kier alpha value is -2.97. The molecule has 2 aromatic carbocycles. The Morgan fingerprint density at radius 3 is 2.44 bits per heavy atom. The summed E-state index contributed by atoms with van der Waals surface area (Å²) in [5.74, 6) is 0.738. The van der Waals surface area contributed by atoms with E-state index in [1.54, 1.807) is 30.3 Å². The third kappa shape index (κ3) is 4.08. The van der Waals surface area contributed by atoms with Gasteiger partial charge in [0, 0.05) is 31.1 Å². The van der Waals surface area contributed by atoms with E-state index in [2.05, 4.69) is 10.9 Å². The molecule has 0 bridgehead atoms. The number of amides is 1. The fraction of sp³-hybridized carbons (Fsp3) is 0.417. The van der Waals surface area contributed by atoms with Crippen molar-refractivity contribution in [2.45, 2.75) is 18.9 Å². The highest BCUT2D eigenvalue weighted by Gasteiger charge is 2.38. The van der Waals surface area contributed by atoms with Crippen molar-refractivity contribution in [3.63, 3.8) is 0 Å². The Balaban J connectivity index is 1.21. The molecule has 0 saturated carbocycles. The summed E-state index contributed by atoms with van der Waals surface area (Å²) < 4.78 is 24.4. The Morgan fingerprint density at radius 1 is 0.969 bits per heavy atom. The van der Waals surface area contributed by atoms with Crippen LogP contribution in [-0.2, 0) is 4.79 Å². The van der Waals surface area contributed by atoms with Crippen LogP contribution in [0.1, 0.15) is 34.8 Å². The van der Waals surface area contributed by atoms with E-state index in [0.29, 0.717) is 62.8 Å². The fourth-order valence-electron chi connectivity index (χ4n) is 4.74. The van der Waals surface area contributed by atoms with Crippen LogP contribution < -0.4 is 20.3 Å². The number of piperidine rings is 1. The van der Waals surface area contributed by atoms with E-state index in [1.165, 1.54) is 12.1 Å². The van der Waals surface area contributed by atoms with Gasteiger partial charge in [-0.15, -0.1) is 0 Å². The number of rotatable bonds is 4. The second kappa shape index (κ2) is 8.88. The van der Waals surface area contributed by atoms with Gasteiger partial charge in [-0.05, 0) is 48.7 Å². The first-order valence-corrected chi connectivity index (χ1v) is 11.1. The summed E-state index contributed by atoms with van der Waals surface area (Å²) in [5.41, 5.74) is 7.70. The number of nitrogens with zero attached hydrogens (tertiary/aromatic N) is 1. The number of hydrogen-bond donors (Lipinski definition) is 2. The van der Waals surface area contributed by atoms with Crippen molar-refractivity contribution in [1.29, 1.82) is 0 Å². The van der Waals surface area contributed by atoms with E-state index in [1.807, 2.05) is 4.90 Å². The molecule has 0 spiro atoms. The SMILES string of the molecule is O=C(c1ccc2c(c1)OCCO2)C1CCN(C(=O)C2CNNC2c2ccc(F)cc2)CC1. The van der Waals surface area contributed by atoms with Gasteiger partial charge < -0.3 is 14.4 Å². The average molecular weight is 439 g/mol. The molecule has 0 radical (unpaired) electrons. The minimum absolute atomic E-state index is 0.0575. The zero-order chi connectivity index (χ0) is 22.1. The lowest BCUT2D eigenvalue weighted by atomic mass is 9.87. The predicted molar refractivity (Wildman–Crippen MR) is 115 cm³/mol. The van der Waals surface area contributed by atoms with Crippen LogP contribution in [0.15, 0.2) is 42.5 Å². The van der Waals surface area contributed by atoms with Gasteiger partial charge in [-0.1, -0.05) is 12.1 Å². The lowest BCUT2D eigenvalue weighted by Gasteiger charge is -2.34. The van der Waals surface area contributed by atoms with Crippen molar-refractivity contribution in [2.75, 3.05) is 32.8 Å². The molecule has 0 aromatic heterocycles. The summed E-state index contributed by atoms with van der Waals surface area (Å²) >= 11 is 0. The molecule has 3 heterocycles. The maximum Gasteiger partial charge on any atom is 0.229 e. The summed E-state index contributed by atoms with van der Waals surface area (Å²) in [5, 5.41) is 0. The molecule has 2 unspecified atom stereocenters. The predicted octanol–water partition coefficient (Wildman–Crippen LogP) is 2.48. The van der Waals surface area contributed by atoms with Crippen LogP contribution in [0.2, 0.25) is 0 Å². The number of likely N-dealkylation sites (tertiary alicyclic amines) is 1. The molecule has 3 aliphatic heterocycles. The number of nitrogens with one attached hydrogen (secondary N) is 2. The molecule has 2 N–H and O–H groups in total. The molecule has 8 heteroatoms. The van der Waals surface area contributed by atoms with Gasteiger partial charge in [-0.3, -0.25) is 15.0 Å². The normalized spacial score (nSPS) is 23.2. The molecule has 32 heavy (non-hydrogen) atoms. The fourth-order valence-corrected chi connectivity index (χ4v) is 4.74. The molecular formula is C24H26FN3O4.